The van der Waals surface area contributed by atoms with Crippen molar-refractivity contribution in [1.82, 2.24) is 0 Å². The lowest BCUT2D eigenvalue weighted by Crippen LogP contribution is -2.38. The average Bonchev–Trinajstić information content (AvgIpc) is 3.03. The molecule has 4 aromatic rings. The first-order valence-corrected chi connectivity index (χ1v) is 14.6. The fourth-order valence-electron chi connectivity index (χ4n) is 6.85. The molecule has 1 heterocycles. The molecule has 206 valence electrons. The summed E-state index contributed by atoms with van der Waals surface area (Å²) >= 11 is 0. The molecule has 0 bridgehead atoms. The first kappa shape index (κ1) is 25.9. The van der Waals surface area contributed by atoms with Gasteiger partial charge in [0.05, 0.1) is 29.4 Å². The highest BCUT2D eigenvalue weighted by atomic mass is 31.0. The topological polar surface area (TPSA) is 36.9 Å². The molecule has 7 rings (SSSR count). The maximum absolute atomic E-state index is 7.40. The van der Waals surface area contributed by atoms with E-state index in [1.54, 1.807) is 14.2 Å². The summed E-state index contributed by atoms with van der Waals surface area (Å²) in [6.07, 6.45) is 11.6. The molecule has 3 aliphatic rings. The van der Waals surface area contributed by atoms with E-state index >= 15 is 0 Å². The lowest BCUT2D eigenvalue weighted by atomic mass is 9.73. The van der Waals surface area contributed by atoms with E-state index in [1.807, 2.05) is 12.1 Å². The molecule has 41 heavy (non-hydrogen) atoms. The summed E-state index contributed by atoms with van der Waals surface area (Å²) < 4.78 is 24.2. The summed E-state index contributed by atoms with van der Waals surface area (Å²) in [6.45, 7) is 2.24. The molecular formula is C36H33O4P. The van der Waals surface area contributed by atoms with Crippen LogP contribution in [-0.4, -0.2) is 14.2 Å². The van der Waals surface area contributed by atoms with Crippen LogP contribution in [-0.2, 0) is 23.0 Å². The van der Waals surface area contributed by atoms with E-state index in [0.717, 1.165) is 58.8 Å². The molecule has 0 fully saturated rings. The third-order valence-corrected chi connectivity index (χ3v) is 9.18. The number of fused-ring (bicyclic) bond motifs is 8. The highest BCUT2D eigenvalue weighted by Gasteiger charge is 2.43. The molecule has 0 N–H and O–H groups in total. The van der Waals surface area contributed by atoms with Crippen molar-refractivity contribution in [1.29, 1.82) is 0 Å². The second-order valence-corrected chi connectivity index (χ2v) is 11.3. The van der Waals surface area contributed by atoms with Gasteiger partial charge in [-0.05, 0) is 94.5 Å². The summed E-state index contributed by atoms with van der Waals surface area (Å²) in [6, 6.07) is 23.4. The van der Waals surface area contributed by atoms with Gasteiger partial charge in [0.1, 0.15) is 17.2 Å². The predicted molar refractivity (Wildman–Crippen MR) is 168 cm³/mol. The first-order valence-electron chi connectivity index (χ1n) is 14.1. The number of hydrogen-bond donors (Lipinski definition) is 0. The van der Waals surface area contributed by atoms with Gasteiger partial charge in [-0.3, -0.25) is 0 Å². The van der Waals surface area contributed by atoms with Crippen LogP contribution in [0.15, 0.2) is 96.3 Å². The van der Waals surface area contributed by atoms with Crippen LogP contribution in [0.5, 0.6) is 17.2 Å². The monoisotopic (exact) mass is 560 g/mol. The number of hydrogen-bond acceptors (Lipinski definition) is 4. The van der Waals surface area contributed by atoms with Gasteiger partial charge < -0.3 is 18.7 Å². The van der Waals surface area contributed by atoms with Gasteiger partial charge in [-0.25, -0.2) is 0 Å². The van der Waals surface area contributed by atoms with Crippen molar-refractivity contribution in [3.05, 3.63) is 119 Å². The van der Waals surface area contributed by atoms with E-state index in [9.17, 15) is 0 Å². The van der Waals surface area contributed by atoms with Crippen LogP contribution in [0.25, 0.3) is 28.0 Å². The molecule has 0 radical (unpaired) electrons. The number of ether oxygens (including phenoxy) is 3. The van der Waals surface area contributed by atoms with E-state index in [0.29, 0.717) is 0 Å². The lowest BCUT2D eigenvalue weighted by Gasteiger charge is -2.42. The van der Waals surface area contributed by atoms with Crippen molar-refractivity contribution in [2.45, 2.75) is 31.8 Å². The van der Waals surface area contributed by atoms with Gasteiger partial charge in [0.15, 0.2) is 5.60 Å². The Morgan fingerprint density at radius 1 is 0.878 bits per heavy atom. The van der Waals surface area contributed by atoms with E-state index in [-0.39, 0.29) is 5.92 Å². The van der Waals surface area contributed by atoms with Crippen molar-refractivity contribution in [2.24, 2.45) is 5.92 Å². The Labute approximate surface area is 243 Å². The molecule has 1 aliphatic heterocycles. The molecule has 0 amide bonds. The van der Waals surface area contributed by atoms with Crippen LogP contribution >= 0.6 is 9.47 Å². The van der Waals surface area contributed by atoms with Crippen molar-refractivity contribution in [3.8, 4) is 28.4 Å². The van der Waals surface area contributed by atoms with Gasteiger partial charge in [-0.2, -0.15) is 0 Å². The third kappa shape index (κ3) is 4.08. The Morgan fingerprint density at radius 3 is 2.41 bits per heavy atom. The highest BCUT2D eigenvalue weighted by Crippen LogP contribution is 2.53. The standard InChI is InChI=1S/C36H33O4P/c1-22-20-27(40-41)14-17-33(22)36(24-9-11-25(37-2)12-10-24)19-18-31-29-15-8-23-6-4-5-7-28(23)34(29)30-16-13-26(38-3)21-32(30)35(31)39-36/h4-7,9-14,16-19,21-22H,8,15,20,41H2,1-3H3. The Hall–Kier alpha value is -4.01. The lowest BCUT2D eigenvalue weighted by molar-refractivity contribution is 0.144. The summed E-state index contributed by atoms with van der Waals surface area (Å²) in [7, 11) is 5.79. The van der Waals surface area contributed by atoms with Gasteiger partial charge in [0.2, 0.25) is 0 Å². The van der Waals surface area contributed by atoms with Crippen molar-refractivity contribution in [3.63, 3.8) is 0 Å². The van der Waals surface area contributed by atoms with Crippen LogP contribution in [0.1, 0.15) is 35.6 Å². The largest absolute Gasteiger partial charge is 0.497 e. The Kier molecular flexibility index (Phi) is 6.40. The first-order chi connectivity index (χ1) is 20.1. The van der Waals surface area contributed by atoms with Crippen LogP contribution in [0.2, 0.25) is 0 Å². The molecular weight excluding hydrogens is 527 g/mol. The summed E-state index contributed by atoms with van der Waals surface area (Å²) in [5.74, 6) is 3.68. The molecule has 0 saturated heterocycles. The minimum absolute atomic E-state index is 0.203. The number of methoxy groups -OCH3 is 2. The maximum Gasteiger partial charge on any atom is 0.174 e. The zero-order valence-corrected chi connectivity index (χ0v) is 24.7. The third-order valence-electron chi connectivity index (χ3n) is 8.88. The van der Waals surface area contributed by atoms with Crippen LogP contribution in [0.4, 0.5) is 0 Å². The van der Waals surface area contributed by atoms with Crippen molar-refractivity contribution >= 4 is 26.3 Å². The predicted octanol–water partition coefficient (Wildman–Crippen LogP) is 8.58. The second kappa shape index (κ2) is 10.1. The minimum Gasteiger partial charge on any atom is -0.497 e. The molecule has 4 nitrogen and oxygen atoms in total. The second-order valence-electron chi connectivity index (χ2n) is 11.0. The Balaban J connectivity index is 1.51. The quantitative estimate of drug-likeness (QED) is 0.229. The van der Waals surface area contributed by atoms with Crippen LogP contribution in [0, 0.1) is 5.92 Å². The van der Waals surface area contributed by atoms with Gasteiger partial charge in [-0.1, -0.05) is 55.5 Å². The Bertz CT molecular complexity index is 1770. The molecule has 3 atom stereocenters. The van der Waals surface area contributed by atoms with Crippen molar-refractivity contribution in [2.75, 3.05) is 14.2 Å². The summed E-state index contributed by atoms with van der Waals surface area (Å²) in [5.41, 5.74) is 7.97. The Morgan fingerprint density at radius 2 is 1.66 bits per heavy atom. The molecule has 2 aliphatic carbocycles. The smallest absolute Gasteiger partial charge is 0.174 e. The number of aryl methyl sites for hydroxylation is 1. The fourth-order valence-corrected chi connectivity index (χ4v) is 7.02. The normalized spacial score (nSPS) is 20.6. The van der Waals surface area contributed by atoms with Gasteiger partial charge in [0, 0.05) is 22.9 Å². The average molecular weight is 561 g/mol. The number of allylic oxidation sites excluding steroid dienone is 3. The minimum atomic E-state index is -0.793. The molecule has 4 aromatic carbocycles. The van der Waals surface area contributed by atoms with E-state index < -0.39 is 5.60 Å². The van der Waals surface area contributed by atoms with E-state index in [2.05, 4.69) is 95.3 Å². The highest BCUT2D eigenvalue weighted by molar-refractivity contribution is 7.10. The van der Waals surface area contributed by atoms with Gasteiger partial charge >= 0.3 is 0 Å². The molecule has 0 saturated carbocycles. The zero-order chi connectivity index (χ0) is 28.1. The summed E-state index contributed by atoms with van der Waals surface area (Å²) in [4.78, 5) is 0. The molecule has 0 spiro atoms. The van der Waals surface area contributed by atoms with Crippen molar-refractivity contribution < 1.29 is 18.7 Å². The zero-order valence-electron chi connectivity index (χ0n) is 23.6. The number of benzene rings is 4. The van der Waals surface area contributed by atoms with E-state index in [1.165, 1.54) is 33.2 Å². The molecule has 0 aromatic heterocycles. The fraction of sp³-hybridized carbons (Fsp3) is 0.222. The molecule has 5 heteroatoms. The van der Waals surface area contributed by atoms with Crippen LogP contribution in [0.3, 0.4) is 0 Å². The van der Waals surface area contributed by atoms with Crippen LogP contribution < -0.4 is 14.2 Å². The SMILES string of the molecule is COc1ccc(C2(C3=CC=C(OP)CC3C)C=Cc3c4c(c5ccc(OC)cc5c3O2)-c2ccccc2CC4)cc1. The maximum atomic E-state index is 7.40. The number of rotatable bonds is 5. The summed E-state index contributed by atoms with van der Waals surface area (Å²) in [5, 5.41) is 2.25. The van der Waals surface area contributed by atoms with Gasteiger partial charge in [0.25, 0.3) is 0 Å². The molecule has 3 unspecified atom stereocenters. The van der Waals surface area contributed by atoms with E-state index in [4.69, 9.17) is 18.7 Å². The van der Waals surface area contributed by atoms with Gasteiger partial charge in [-0.15, -0.1) is 0 Å².